The quantitative estimate of drug-likeness (QED) is 0.594. The summed E-state index contributed by atoms with van der Waals surface area (Å²) < 4.78 is 0. The highest BCUT2D eigenvalue weighted by Crippen LogP contribution is 2.29. The van der Waals surface area contributed by atoms with Crippen LogP contribution in [0.4, 0.5) is 5.69 Å². The third-order valence-electron chi connectivity index (χ3n) is 6.09. The lowest BCUT2D eigenvalue weighted by Gasteiger charge is -2.33. The van der Waals surface area contributed by atoms with Crippen molar-refractivity contribution < 1.29 is 0 Å². The minimum absolute atomic E-state index is 0.703. The normalized spacial score (nSPS) is 15.2. The Hall–Kier alpha value is -2.29. The Morgan fingerprint density at radius 1 is 1.00 bits per heavy atom. The van der Waals surface area contributed by atoms with Crippen LogP contribution < -0.4 is 4.90 Å². The van der Waals surface area contributed by atoms with E-state index in [1.807, 2.05) is 6.20 Å². The Bertz CT molecular complexity index is 798. The van der Waals surface area contributed by atoms with Crippen LogP contribution in [-0.4, -0.2) is 29.5 Å². The molecule has 3 rings (SSSR count). The Morgan fingerprint density at radius 2 is 1.68 bits per heavy atom. The number of anilines is 1. The summed E-state index contributed by atoms with van der Waals surface area (Å²) in [6, 6.07) is 9.35. The van der Waals surface area contributed by atoms with Crippen molar-refractivity contribution in [2.24, 2.45) is 0 Å². The molecule has 0 spiro atoms. The first-order chi connectivity index (χ1) is 13.5. The van der Waals surface area contributed by atoms with Gasteiger partial charge in [-0.25, -0.2) is 0 Å². The van der Waals surface area contributed by atoms with Crippen molar-refractivity contribution in [3.63, 3.8) is 0 Å². The summed E-state index contributed by atoms with van der Waals surface area (Å²) in [6.07, 6.45) is 13.3. The lowest BCUT2D eigenvalue weighted by atomic mass is 9.94. The summed E-state index contributed by atoms with van der Waals surface area (Å²) in [7, 11) is 2.12. The number of pyridine rings is 1. The molecule has 0 radical (unpaired) electrons. The van der Waals surface area contributed by atoms with Gasteiger partial charge in [0.25, 0.3) is 0 Å². The molecule has 1 heterocycles. The average molecular weight is 378 g/mol. The smallest absolute Gasteiger partial charge is 0.0711 e. The molecule has 2 aromatic rings. The van der Waals surface area contributed by atoms with Gasteiger partial charge in [0.2, 0.25) is 0 Å². The monoisotopic (exact) mass is 377 g/mol. The van der Waals surface area contributed by atoms with Crippen molar-refractivity contribution in [3.8, 4) is 11.3 Å². The van der Waals surface area contributed by atoms with Crippen LogP contribution in [0, 0.1) is 20.8 Å². The second kappa shape index (κ2) is 9.27. The zero-order valence-electron chi connectivity index (χ0n) is 18.2. The van der Waals surface area contributed by atoms with Crippen LogP contribution in [0.2, 0.25) is 0 Å². The van der Waals surface area contributed by atoms with Crippen LogP contribution in [-0.2, 0) is 0 Å². The second-order valence-corrected chi connectivity index (χ2v) is 8.15. The topological polar surface area (TPSA) is 19.4 Å². The highest BCUT2D eigenvalue weighted by Gasteiger charge is 2.17. The van der Waals surface area contributed by atoms with Gasteiger partial charge in [0.05, 0.1) is 17.6 Å². The van der Waals surface area contributed by atoms with E-state index >= 15 is 0 Å². The molecule has 150 valence electrons. The first-order valence-electron chi connectivity index (χ1n) is 10.7. The maximum Gasteiger partial charge on any atom is 0.0711 e. The standard InChI is InChI=1S/C25H35N3/c1-6-28(22-13-8-7-9-14-22)16-15-27(5)24-18-26-23(17-21(24)4)25-19(2)11-10-12-20(25)3/h10-12,15-18,22H,6-9,13-14H2,1-5H3/b16-15-. The molecule has 3 heteroatoms. The summed E-state index contributed by atoms with van der Waals surface area (Å²) in [5.74, 6) is 0. The number of hydrogen-bond donors (Lipinski definition) is 0. The van der Waals surface area contributed by atoms with Gasteiger partial charge in [-0.2, -0.15) is 0 Å². The van der Waals surface area contributed by atoms with E-state index in [1.54, 1.807) is 0 Å². The van der Waals surface area contributed by atoms with E-state index in [0.29, 0.717) is 6.04 Å². The molecule has 1 aliphatic rings. The molecule has 0 N–H and O–H groups in total. The summed E-state index contributed by atoms with van der Waals surface area (Å²) in [6.45, 7) is 9.82. The lowest BCUT2D eigenvalue weighted by Crippen LogP contribution is -2.32. The molecule has 1 saturated carbocycles. The van der Waals surface area contributed by atoms with Gasteiger partial charge in [-0.15, -0.1) is 0 Å². The van der Waals surface area contributed by atoms with E-state index < -0.39 is 0 Å². The van der Waals surface area contributed by atoms with Crippen LogP contribution in [0.15, 0.2) is 42.9 Å². The summed E-state index contributed by atoms with van der Waals surface area (Å²) in [5.41, 5.74) is 7.28. The van der Waals surface area contributed by atoms with Crippen molar-refractivity contribution in [2.45, 2.75) is 65.8 Å². The fourth-order valence-electron chi connectivity index (χ4n) is 4.44. The third-order valence-corrected chi connectivity index (χ3v) is 6.09. The molecule has 1 fully saturated rings. The number of benzene rings is 1. The van der Waals surface area contributed by atoms with Gasteiger partial charge in [-0.05, 0) is 63.3 Å². The molecule has 0 amide bonds. The molecule has 3 nitrogen and oxygen atoms in total. The van der Waals surface area contributed by atoms with E-state index in [1.165, 1.54) is 54.4 Å². The summed E-state index contributed by atoms with van der Waals surface area (Å²) in [5, 5.41) is 0. The van der Waals surface area contributed by atoms with Crippen LogP contribution in [0.5, 0.6) is 0 Å². The van der Waals surface area contributed by atoms with E-state index in [-0.39, 0.29) is 0 Å². The van der Waals surface area contributed by atoms with Crippen LogP contribution in [0.1, 0.15) is 55.7 Å². The molecule has 0 atom stereocenters. The largest absolute Gasteiger partial charge is 0.373 e. The van der Waals surface area contributed by atoms with Gasteiger partial charge in [-0.3, -0.25) is 4.98 Å². The first kappa shape index (κ1) is 20.4. The second-order valence-electron chi connectivity index (χ2n) is 8.15. The minimum Gasteiger partial charge on any atom is -0.373 e. The number of hydrogen-bond acceptors (Lipinski definition) is 3. The highest BCUT2D eigenvalue weighted by molar-refractivity contribution is 5.70. The number of rotatable bonds is 6. The maximum atomic E-state index is 4.80. The van der Waals surface area contributed by atoms with E-state index in [9.17, 15) is 0 Å². The van der Waals surface area contributed by atoms with Gasteiger partial charge in [-0.1, -0.05) is 37.5 Å². The van der Waals surface area contributed by atoms with Crippen molar-refractivity contribution >= 4 is 5.69 Å². The number of nitrogens with zero attached hydrogens (tertiary/aromatic N) is 3. The molecule has 0 saturated heterocycles. The average Bonchev–Trinajstić information content (AvgIpc) is 2.69. The first-order valence-corrected chi connectivity index (χ1v) is 10.7. The number of aryl methyl sites for hydroxylation is 3. The van der Waals surface area contributed by atoms with Crippen molar-refractivity contribution in [1.82, 2.24) is 9.88 Å². The molecule has 28 heavy (non-hydrogen) atoms. The zero-order valence-corrected chi connectivity index (χ0v) is 18.2. The molecule has 0 bridgehead atoms. The predicted octanol–water partition coefficient (Wildman–Crippen LogP) is 6.24. The minimum atomic E-state index is 0.703. The summed E-state index contributed by atoms with van der Waals surface area (Å²) in [4.78, 5) is 9.50. The third kappa shape index (κ3) is 4.57. The Balaban J connectivity index is 1.77. The van der Waals surface area contributed by atoms with Gasteiger partial charge < -0.3 is 9.80 Å². The summed E-state index contributed by atoms with van der Waals surface area (Å²) >= 11 is 0. The molecular formula is C25H35N3. The molecule has 1 aromatic heterocycles. The predicted molar refractivity (Wildman–Crippen MR) is 121 cm³/mol. The zero-order chi connectivity index (χ0) is 20.1. The Morgan fingerprint density at radius 3 is 2.29 bits per heavy atom. The molecule has 1 aromatic carbocycles. The van der Waals surface area contributed by atoms with Crippen molar-refractivity contribution in [3.05, 3.63) is 59.6 Å². The highest BCUT2D eigenvalue weighted by atomic mass is 15.2. The van der Waals surface area contributed by atoms with Crippen molar-refractivity contribution in [2.75, 3.05) is 18.5 Å². The van der Waals surface area contributed by atoms with E-state index in [4.69, 9.17) is 4.98 Å². The lowest BCUT2D eigenvalue weighted by molar-refractivity contribution is 0.226. The molecular weight excluding hydrogens is 342 g/mol. The van der Waals surface area contributed by atoms with Gasteiger partial charge in [0, 0.05) is 37.6 Å². The number of aromatic nitrogens is 1. The van der Waals surface area contributed by atoms with Crippen LogP contribution in [0.3, 0.4) is 0 Å². The van der Waals surface area contributed by atoms with E-state index in [0.717, 1.165) is 17.9 Å². The van der Waals surface area contributed by atoms with Gasteiger partial charge in [0.1, 0.15) is 0 Å². The molecule has 0 aliphatic heterocycles. The fraction of sp³-hybridized carbons (Fsp3) is 0.480. The maximum absolute atomic E-state index is 4.80. The SMILES string of the molecule is CCN(/C=C\N(C)c1cnc(-c2c(C)cccc2C)cc1C)C1CCCCC1. The van der Waals surface area contributed by atoms with Crippen molar-refractivity contribution in [1.29, 1.82) is 0 Å². The van der Waals surface area contributed by atoms with Gasteiger partial charge in [0.15, 0.2) is 0 Å². The Labute approximate surface area is 171 Å². The van der Waals surface area contributed by atoms with E-state index in [2.05, 4.69) is 81.2 Å². The van der Waals surface area contributed by atoms with Crippen LogP contribution in [0.25, 0.3) is 11.3 Å². The van der Waals surface area contributed by atoms with Crippen LogP contribution >= 0.6 is 0 Å². The Kier molecular flexibility index (Phi) is 6.77. The molecule has 0 unspecified atom stereocenters. The molecule has 1 aliphatic carbocycles. The van der Waals surface area contributed by atoms with Gasteiger partial charge >= 0.3 is 0 Å². The fourth-order valence-corrected chi connectivity index (χ4v) is 4.44.